The lowest BCUT2D eigenvalue weighted by atomic mass is 10.0. The fourth-order valence-electron chi connectivity index (χ4n) is 3.84. The van der Waals surface area contributed by atoms with Crippen LogP contribution < -0.4 is 5.32 Å². The van der Waals surface area contributed by atoms with Crippen LogP contribution in [-0.2, 0) is 4.74 Å². The number of aliphatic imine (C=N–C) groups is 1. The Labute approximate surface area is 166 Å². The minimum atomic E-state index is 0.200. The lowest BCUT2D eigenvalue weighted by Gasteiger charge is -2.32. The standard InChI is InChI=1S/C19H28Cl2N4O/c1-14(18-16(20)4-3-5-17(18)21)12-23-19(22-2)25-7-6-15(13-25)24-8-10-26-11-9-24/h3-5,14-15H,6-13H2,1-2H3,(H,22,23). The molecule has 0 spiro atoms. The highest BCUT2D eigenvalue weighted by Gasteiger charge is 2.30. The summed E-state index contributed by atoms with van der Waals surface area (Å²) >= 11 is 12.7. The van der Waals surface area contributed by atoms with Crippen LogP contribution >= 0.6 is 23.2 Å². The van der Waals surface area contributed by atoms with Crippen molar-refractivity contribution in [3.05, 3.63) is 33.8 Å². The largest absolute Gasteiger partial charge is 0.379 e. The number of hydrogen-bond acceptors (Lipinski definition) is 3. The molecule has 2 fully saturated rings. The van der Waals surface area contributed by atoms with Gasteiger partial charge in [0.1, 0.15) is 0 Å². The highest BCUT2D eigenvalue weighted by atomic mass is 35.5. The maximum Gasteiger partial charge on any atom is 0.193 e. The third-order valence-electron chi connectivity index (χ3n) is 5.30. The first-order valence-corrected chi connectivity index (χ1v) is 10.1. The molecule has 2 aliphatic rings. The summed E-state index contributed by atoms with van der Waals surface area (Å²) in [6.07, 6.45) is 1.17. The van der Waals surface area contributed by atoms with Gasteiger partial charge in [-0.3, -0.25) is 9.89 Å². The van der Waals surface area contributed by atoms with E-state index in [1.807, 2.05) is 25.2 Å². The second-order valence-corrected chi connectivity index (χ2v) is 7.82. The van der Waals surface area contributed by atoms with Gasteiger partial charge in [-0.1, -0.05) is 36.2 Å². The number of hydrogen-bond donors (Lipinski definition) is 1. The number of morpholine rings is 1. The quantitative estimate of drug-likeness (QED) is 0.624. The van der Waals surface area contributed by atoms with Gasteiger partial charge in [0.25, 0.3) is 0 Å². The van der Waals surface area contributed by atoms with E-state index in [1.54, 1.807) is 0 Å². The van der Waals surface area contributed by atoms with Gasteiger partial charge in [0.2, 0.25) is 0 Å². The van der Waals surface area contributed by atoms with Gasteiger partial charge in [-0.05, 0) is 24.1 Å². The topological polar surface area (TPSA) is 40.1 Å². The Morgan fingerprint density at radius 1 is 1.27 bits per heavy atom. The Kier molecular flexibility index (Phi) is 7.04. The summed E-state index contributed by atoms with van der Waals surface area (Å²) in [6.45, 7) is 8.69. The van der Waals surface area contributed by atoms with Gasteiger partial charge in [-0.25, -0.2) is 0 Å². The van der Waals surface area contributed by atoms with Crippen molar-refractivity contribution in [2.75, 3.05) is 53.0 Å². The summed E-state index contributed by atoms with van der Waals surface area (Å²) < 4.78 is 5.47. The summed E-state index contributed by atoms with van der Waals surface area (Å²) in [6, 6.07) is 6.25. The molecular formula is C19H28Cl2N4O. The van der Waals surface area contributed by atoms with Crippen molar-refractivity contribution in [1.82, 2.24) is 15.1 Å². The van der Waals surface area contributed by atoms with Gasteiger partial charge in [-0.2, -0.15) is 0 Å². The molecule has 1 aromatic carbocycles. The molecule has 2 heterocycles. The first-order chi connectivity index (χ1) is 12.6. The number of nitrogens with one attached hydrogen (secondary N) is 1. The van der Waals surface area contributed by atoms with E-state index < -0.39 is 0 Å². The predicted molar refractivity (Wildman–Crippen MR) is 109 cm³/mol. The molecule has 2 aliphatic heterocycles. The number of halogens is 2. The molecule has 2 atom stereocenters. The average molecular weight is 399 g/mol. The van der Waals surface area contributed by atoms with Crippen LogP contribution in [0.3, 0.4) is 0 Å². The predicted octanol–water partition coefficient (Wildman–Crippen LogP) is 3.08. The second kappa shape index (κ2) is 9.27. The minimum absolute atomic E-state index is 0.200. The van der Waals surface area contributed by atoms with Crippen molar-refractivity contribution in [1.29, 1.82) is 0 Å². The molecule has 1 aromatic rings. The molecule has 2 saturated heterocycles. The molecule has 0 amide bonds. The number of rotatable bonds is 4. The average Bonchev–Trinajstić information content (AvgIpc) is 3.13. The first kappa shape index (κ1) is 19.7. The van der Waals surface area contributed by atoms with Crippen molar-refractivity contribution < 1.29 is 4.74 Å². The van der Waals surface area contributed by atoms with Crippen LogP contribution in [0.4, 0.5) is 0 Å². The Morgan fingerprint density at radius 2 is 1.96 bits per heavy atom. The maximum absolute atomic E-state index is 6.34. The fraction of sp³-hybridized carbons (Fsp3) is 0.632. The van der Waals surface area contributed by atoms with Crippen LogP contribution in [0.1, 0.15) is 24.8 Å². The van der Waals surface area contributed by atoms with Crippen molar-refractivity contribution in [2.45, 2.75) is 25.3 Å². The summed E-state index contributed by atoms with van der Waals surface area (Å²) in [5, 5.41) is 4.94. The molecule has 0 aromatic heterocycles. The summed E-state index contributed by atoms with van der Waals surface area (Å²) in [7, 11) is 1.84. The summed E-state index contributed by atoms with van der Waals surface area (Å²) in [5.74, 6) is 1.15. The van der Waals surface area contributed by atoms with Gasteiger partial charge < -0.3 is 15.0 Å². The van der Waals surface area contributed by atoms with E-state index in [1.165, 1.54) is 6.42 Å². The molecule has 7 heteroatoms. The lowest BCUT2D eigenvalue weighted by Crippen LogP contribution is -2.47. The molecule has 144 valence electrons. The van der Waals surface area contributed by atoms with Gasteiger partial charge in [-0.15, -0.1) is 0 Å². The molecule has 0 bridgehead atoms. The fourth-order valence-corrected chi connectivity index (χ4v) is 4.61. The zero-order valence-corrected chi connectivity index (χ0v) is 17.1. The first-order valence-electron chi connectivity index (χ1n) is 9.31. The monoisotopic (exact) mass is 398 g/mol. The van der Waals surface area contributed by atoms with Crippen LogP contribution in [0.15, 0.2) is 23.2 Å². The number of guanidine groups is 1. The normalized spacial score (nSPS) is 23.3. The number of ether oxygens (including phenoxy) is 1. The molecule has 26 heavy (non-hydrogen) atoms. The molecule has 1 N–H and O–H groups in total. The Morgan fingerprint density at radius 3 is 2.62 bits per heavy atom. The van der Waals surface area contributed by atoms with Gasteiger partial charge in [0, 0.05) is 61.8 Å². The number of benzene rings is 1. The second-order valence-electron chi connectivity index (χ2n) is 7.00. The molecule has 5 nitrogen and oxygen atoms in total. The van der Waals surface area contributed by atoms with Crippen molar-refractivity contribution >= 4 is 29.2 Å². The minimum Gasteiger partial charge on any atom is -0.379 e. The van der Waals surface area contributed by atoms with Crippen LogP contribution in [0.25, 0.3) is 0 Å². The molecular weight excluding hydrogens is 371 g/mol. The third kappa shape index (κ3) is 4.63. The van der Waals surface area contributed by atoms with Crippen molar-refractivity contribution in [3.8, 4) is 0 Å². The van der Waals surface area contributed by atoms with Crippen LogP contribution in [-0.4, -0.2) is 74.8 Å². The molecule has 3 rings (SSSR count). The van der Waals surface area contributed by atoms with Crippen molar-refractivity contribution in [3.63, 3.8) is 0 Å². The molecule has 0 radical (unpaired) electrons. The van der Waals surface area contributed by atoms with E-state index in [4.69, 9.17) is 27.9 Å². The van der Waals surface area contributed by atoms with Crippen LogP contribution in [0.2, 0.25) is 10.0 Å². The van der Waals surface area contributed by atoms with E-state index in [-0.39, 0.29) is 5.92 Å². The van der Waals surface area contributed by atoms with E-state index in [9.17, 15) is 0 Å². The smallest absolute Gasteiger partial charge is 0.193 e. The highest BCUT2D eigenvalue weighted by molar-refractivity contribution is 6.36. The third-order valence-corrected chi connectivity index (χ3v) is 5.95. The Bertz CT molecular complexity index is 614. The molecule has 0 saturated carbocycles. The zero-order chi connectivity index (χ0) is 18.5. The number of likely N-dealkylation sites (tertiary alicyclic amines) is 1. The molecule has 2 unspecified atom stereocenters. The summed E-state index contributed by atoms with van der Waals surface area (Å²) in [5.41, 5.74) is 0.992. The lowest BCUT2D eigenvalue weighted by molar-refractivity contribution is 0.0195. The summed E-state index contributed by atoms with van der Waals surface area (Å²) in [4.78, 5) is 9.38. The van der Waals surface area contributed by atoms with E-state index >= 15 is 0 Å². The SMILES string of the molecule is CN=C(NCC(C)c1c(Cl)cccc1Cl)N1CCC(N2CCOCC2)C1. The van der Waals surface area contributed by atoms with E-state index in [0.717, 1.165) is 67.5 Å². The zero-order valence-electron chi connectivity index (χ0n) is 15.5. The van der Waals surface area contributed by atoms with E-state index in [0.29, 0.717) is 6.04 Å². The highest BCUT2D eigenvalue weighted by Crippen LogP contribution is 2.31. The maximum atomic E-state index is 6.34. The van der Waals surface area contributed by atoms with Gasteiger partial charge in [0.15, 0.2) is 5.96 Å². The van der Waals surface area contributed by atoms with Gasteiger partial charge >= 0.3 is 0 Å². The van der Waals surface area contributed by atoms with Crippen molar-refractivity contribution in [2.24, 2.45) is 4.99 Å². The Balaban J connectivity index is 1.55. The van der Waals surface area contributed by atoms with Crippen LogP contribution in [0, 0.1) is 0 Å². The van der Waals surface area contributed by atoms with Crippen LogP contribution in [0.5, 0.6) is 0 Å². The Hall–Kier alpha value is -1.01. The molecule has 0 aliphatic carbocycles. The van der Waals surface area contributed by atoms with Gasteiger partial charge in [0.05, 0.1) is 13.2 Å². The van der Waals surface area contributed by atoms with E-state index in [2.05, 4.69) is 27.0 Å². The number of nitrogens with zero attached hydrogens (tertiary/aromatic N) is 3.